The molecule has 0 aromatic carbocycles. The number of fused-ring (bicyclic) bond motifs is 3. The SMILES string of the molecule is CC1(C)CC(O)CC2(C)C3C(=CCC12)COC3O. The zero-order valence-electron chi connectivity index (χ0n) is 11.5. The van der Waals surface area contributed by atoms with Crippen LogP contribution in [0.15, 0.2) is 11.6 Å². The number of allylic oxidation sites excluding steroid dienone is 1. The Morgan fingerprint density at radius 1 is 1.22 bits per heavy atom. The minimum atomic E-state index is -0.690. The molecule has 0 spiro atoms. The van der Waals surface area contributed by atoms with E-state index in [1.807, 2.05) is 0 Å². The van der Waals surface area contributed by atoms with Gasteiger partial charge >= 0.3 is 0 Å². The van der Waals surface area contributed by atoms with E-state index in [4.69, 9.17) is 4.74 Å². The molecule has 1 aliphatic heterocycles. The molecule has 3 nitrogen and oxygen atoms in total. The molecular weight excluding hydrogens is 228 g/mol. The van der Waals surface area contributed by atoms with E-state index in [1.165, 1.54) is 5.57 Å². The Kier molecular flexibility index (Phi) is 2.68. The fourth-order valence-electron chi connectivity index (χ4n) is 5.05. The summed E-state index contributed by atoms with van der Waals surface area (Å²) in [6.45, 7) is 7.29. The standard InChI is InChI=1S/C15H24O3/c1-14(2)6-10(16)7-15(3)11(14)5-4-9-8-18-13(17)12(9)15/h4,10-13,16-17H,5-8H2,1-3H3. The van der Waals surface area contributed by atoms with Gasteiger partial charge in [0.1, 0.15) is 0 Å². The van der Waals surface area contributed by atoms with Gasteiger partial charge in [-0.25, -0.2) is 0 Å². The summed E-state index contributed by atoms with van der Waals surface area (Å²) in [4.78, 5) is 0. The van der Waals surface area contributed by atoms with Crippen molar-refractivity contribution in [3.63, 3.8) is 0 Å². The molecule has 0 aromatic rings. The number of aliphatic hydroxyl groups excluding tert-OH is 2. The summed E-state index contributed by atoms with van der Waals surface area (Å²) in [7, 11) is 0. The molecule has 102 valence electrons. The largest absolute Gasteiger partial charge is 0.393 e. The van der Waals surface area contributed by atoms with Gasteiger partial charge in [-0.2, -0.15) is 0 Å². The molecule has 1 saturated carbocycles. The quantitative estimate of drug-likeness (QED) is 0.649. The molecule has 2 fully saturated rings. The van der Waals surface area contributed by atoms with Crippen LogP contribution in [0.25, 0.3) is 0 Å². The molecule has 2 N–H and O–H groups in total. The molecule has 3 aliphatic rings. The topological polar surface area (TPSA) is 49.7 Å². The molecule has 0 aromatic heterocycles. The van der Waals surface area contributed by atoms with E-state index in [0.717, 1.165) is 19.3 Å². The molecule has 2 aliphatic carbocycles. The van der Waals surface area contributed by atoms with Crippen LogP contribution in [0.5, 0.6) is 0 Å². The lowest BCUT2D eigenvalue weighted by molar-refractivity contribution is -0.156. The Balaban J connectivity index is 2.04. The van der Waals surface area contributed by atoms with Crippen molar-refractivity contribution in [3.05, 3.63) is 11.6 Å². The molecule has 0 bridgehead atoms. The van der Waals surface area contributed by atoms with E-state index in [2.05, 4.69) is 26.8 Å². The lowest BCUT2D eigenvalue weighted by Crippen LogP contribution is -2.53. The Morgan fingerprint density at radius 3 is 2.67 bits per heavy atom. The predicted molar refractivity (Wildman–Crippen MR) is 68.8 cm³/mol. The van der Waals surface area contributed by atoms with Gasteiger partial charge in [0, 0.05) is 5.92 Å². The van der Waals surface area contributed by atoms with Crippen molar-refractivity contribution in [2.75, 3.05) is 6.61 Å². The highest BCUT2D eigenvalue weighted by atomic mass is 16.6. The predicted octanol–water partition coefficient (Wildman–Crippen LogP) is 2.08. The normalized spacial score (nSPS) is 50.4. The van der Waals surface area contributed by atoms with Gasteiger partial charge in [0.2, 0.25) is 0 Å². The zero-order valence-corrected chi connectivity index (χ0v) is 11.5. The lowest BCUT2D eigenvalue weighted by atomic mass is 9.48. The second-order valence-corrected chi connectivity index (χ2v) is 7.30. The zero-order chi connectivity index (χ0) is 13.1. The van der Waals surface area contributed by atoms with Gasteiger partial charge in [0.15, 0.2) is 6.29 Å². The van der Waals surface area contributed by atoms with Crippen molar-refractivity contribution >= 4 is 0 Å². The minimum Gasteiger partial charge on any atom is -0.393 e. The van der Waals surface area contributed by atoms with Crippen LogP contribution in [0.1, 0.15) is 40.0 Å². The van der Waals surface area contributed by atoms with Gasteiger partial charge in [-0.1, -0.05) is 26.8 Å². The van der Waals surface area contributed by atoms with Gasteiger partial charge in [0.25, 0.3) is 0 Å². The van der Waals surface area contributed by atoms with Crippen LogP contribution < -0.4 is 0 Å². The molecule has 1 saturated heterocycles. The summed E-state index contributed by atoms with van der Waals surface area (Å²) in [5.74, 6) is 0.587. The highest BCUT2D eigenvalue weighted by molar-refractivity contribution is 5.24. The van der Waals surface area contributed by atoms with E-state index >= 15 is 0 Å². The van der Waals surface area contributed by atoms with Gasteiger partial charge in [0.05, 0.1) is 12.7 Å². The third-order valence-corrected chi connectivity index (χ3v) is 5.61. The van der Waals surface area contributed by atoms with Crippen LogP contribution in [-0.2, 0) is 4.74 Å². The average molecular weight is 252 g/mol. The van der Waals surface area contributed by atoms with Crippen LogP contribution in [0.3, 0.4) is 0 Å². The first-order valence-corrected chi connectivity index (χ1v) is 7.01. The van der Waals surface area contributed by atoms with E-state index < -0.39 is 6.29 Å². The maximum Gasteiger partial charge on any atom is 0.162 e. The van der Waals surface area contributed by atoms with Crippen molar-refractivity contribution in [3.8, 4) is 0 Å². The number of aliphatic hydroxyl groups is 2. The Hall–Kier alpha value is -0.380. The summed E-state index contributed by atoms with van der Waals surface area (Å²) < 4.78 is 5.42. The molecule has 5 atom stereocenters. The number of ether oxygens (including phenoxy) is 1. The Bertz CT molecular complexity index is 387. The molecule has 3 heteroatoms. The summed E-state index contributed by atoms with van der Waals surface area (Å²) in [5, 5.41) is 20.4. The molecule has 18 heavy (non-hydrogen) atoms. The number of hydrogen-bond acceptors (Lipinski definition) is 3. The highest BCUT2D eigenvalue weighted by Crippen LogP contribution is 2.61. The number of hydrogen-bond donors (Lipinski definition) is 2. The van der Waals surface area contributed by atoms with Crippen molar-refractivity contribution in [2.24, 2.45) is 22.7 Å². The summed E-state index contributed by atoms with van der Waals surface area (Å²) in [6.07, 6.45) is 4.02. The van der Waals surface area contributed by atoms with Crippen LogP contribution in [0, 0.1) is 22.7 Å². The van der Waals surface area contributed by atoms with E-state index in [1.54, 1.807) is 0 Å². The fraction of sp³-hybridized carbons (Fsp3) is 0.867. The Labute approximate surface area is 109 Å². The summed E-state index contributed by atoms with van der Waals surface area (Å²) >= 11 is 0. The monoisotopic (exact) mass is 252 g/mol. The van der Waals surface area contributed by atoms with Crippen molar-refractivity contribution in [1.82, 2.24) is 0 Å². The Morgan fingerprint density at radius 2 is 1.94 bits per heavy atom. The summed E-state index contributed by atoms with van der Waals surface area (Å²) in [5.41, 5.74) is 1.32. The van der Waals surface area contributed by atoms with Gasteiger partial charge in [-0.15, -0.1) is 0 Å². The smallest absolute Gasteiger partial charge is 0.162 e. The van der Waals surface area contributed by atoms with E-state index in [9.17, 15) is 10.2 Å². The third-order valence-electron chi connectivity index (χ3n) is 5.61. The number of rotatable bonds is 0. The van der Waals surface area contributed by atoms with Crippen molar-refractivity contribution in [2.45, 2.75) is 52.4 Å². The van der Waals surface area contributed by atoms with Crippen molar-refractivity contribution < 1.29 is 14.9 Å². The van der Waals surface area contributed by atoms with Gasteiger partial charge in [-0.05, 0) is 41.6 Å². The third kappa shape index (κ3) is 1.60. The minimum absolute atomic E-state index is 0.0405. The maximum atomic E-state index is 10.2. The highest BCUT2D eigenvalue weighted by Gasteiger charge is 2.58. The fourth-order valence-corrected chi connectivity index (χ4v) is 5.05. The maximum absolute atomic E-state index is 10.2. The first kappa shape index (κ1) is 12.6. The van der Waals surface area contributed by atoms with Crippen LogP contribution in [0.2, 0.25) is 0 Å². The lowest BCUT2D eigenvalue weighted by Gasteiger charge is -2.57. The van der Waals surface area contributed by atoms with Crippen molar-refractivity contribution in [1.29, 1.82) is 0 Å². The molecule has 3 rings (SSSR count). The summed E-state index contributed by atoms with van der Waals surface area (Å²) in [6, 6.07) is 0. The van der Waals surface area contributed by atoms with Crippen LogP contribution >= 0.6 is 0 Å². The first-order valence-electron chi connectivity index (χ1n) is 7.01. The molecule has 5 unspecified atom stereocenters. The van der Waals surface area contributed by atoms with Gasteiger partial charge < -0.3 is 14.9 Å². The van der Waals surface area contributed by atoms with Crippen LogP contribution in [-0.4, -0.2) is 29.2 Å². The van der Waals surface area contributed by atoms with E-state index in [0.29, 0.717) is 12.5 Å². The van der Waals surface area contributed by atoms with Gasteiger partial charge in [-0.3, -0.25) is 0 Å². The molecule has 0 amide bonds. The average Bonchev–Trinajstić information content (AvgIpc) is 2.58. The second-order valence-electron chi connectivity index (χ2n) is 7.30. The first-order chi connectivity index (χ1) is 8.34. The molecule has 1 heterocycles. The van der Waals surface area contributed by atoms with Crippen LogP contribution in [0.4, 0.5) is 0 Å². The second kappa shape index (κ2) is 3.81. The molecular formula is C15H24O3. The molecule has 0 radical (unpaired) electrons. The van der Waals surface area contributed by atoms with E-state index in [-0.39, 0.29) is 22.9 Å².